The van der Waals surface area contributed by atoms with Gasteiger partial charge in [0.15, 0.2) is 0 Å². The Labute approximate surface area is 224 Å². The highest BCUT2D eigenvalue weighted by atomic mass is 31.1. The minimum absolute atomic E-state index is 0.258. The maximum atomic E-state index is 14.7. The van der Waals surface area contributed by atoms with Gasteiger partial charge >= 0.3 is 0 Å². The van der Waals surface area contributed by atoms with Gasteiger partial charge in [0.05, 0.1) is 0 Å². The average Bonchev–Trinajstić information content (AvgIpc) is 2.97. The zero-order chi connectivity index (χ0) is 25.7. The van der Waals surface area contributed by atoms with Crippen molar-refractivity contribution in [3.63, 3.8) is 0 Å². The van der Waals surface area contributed by atoms with Crippen molar-refractivity contribution in [2.75, 3.05) is 0 Å². The molecular weight excluding hydrogens is 486 g/mol. The number of benzene rings is 6. The van der Waals surface area contributed by atoms with Crippen LogP contribution in [-0.4, -0.2) is 0 Å². The SMILES string of the molecule is Fc1ccc(-c2c(OCc3ccccc3)ccc3ccccc23)c(-c2ccc(Pc3ccccc3)cc2)c1. The lowest BCUT2D eigenvalue weighted by molar-refractivity contribution is 0.308. The molecule has 1 unspecified atom stereocenters. The van der Waals surface area contributed by atoms with Crippen molar-refractivity contribution in [2.45, 2.75) is 6.61 Å². The summed E-state index contributed by atoms with van der Waals surface area (Å²) < 4.78 is 21.1. The molecule has 0 N–H and O–H groups in total. The summed E-state index contributed by atoms with van der Waals surface area (Å²) in [4.78, 5) is 0. The zero-order valence-corrected chi connectivity index (χ0v) is 21.8. The summed E-state index contributed by atoms with van der Waals surface area (Å²) in [5, 5.41) is 4.73. The molecule has 0 aliphatic carbocycles. The summed E-state index contributed by atoms with van der Waals surface area (Å²) >= 11 is 0. The monoisotopic (exact) mass is 512 g/mol. The van der Waals surface area contributed by atoms with E-state index in [0.29, 0.717) is 15.2 Å². The van der Waals surface area contributed by atoms with Gasteiger partial charge in [-0.3, -0.25) is 0 Å². The Kier molecular flexibility index (Phi) is 6.98. The molecule has 0 heterocycles. The van der Waals surface area contributed by atoms with Gasteiger partial charge in [0, 0.05) is 5.56 Å². The van der Waals surface area contributed by atoms with E-state index >= 15 is 0 Å². The first-order chi connectivity index (χ1) is 18.7. The molecule has 0 aliphatic rings. The van der Waals surface area contributed by atoms with Crippen LogP contribution in [0.5, 0.6) is 5.75 Å². The van der Waals surface area contributed by atoms with Crippen molar-refractivity contribution in [1.29, 1.82) is 0 Å². The van der Waals surface area contributed by atoms with E-state index in [0.717, 1.165) is 44.3 Å². The van der Waals surface area contributed by atoms with Crippen LogP contribution < -0.4 is 15.3 Å². The third-order valence-corrected chi connectivity index (χ3v) is 7.88. The fourth-order valence-corrected chi connectivity index (χ4v) is 5.81. The zero-order valence-electron chi connectivity index (χ0n) is 20.8. The smallest absolute Gasteiger partial charge is 0.128 e. The highest BCUT2D eigenvalue weighted by molar-refractivity contribution is 7.55. The molecule has 0 amide bonds. The molecule has 0 saturated heterocycles. The molecule has 3 heteroatoms. The Morgan fingerprint density at radius 1 is 0.579 bits per heavy atom. The lowest BCUT2D eigenvalue weighted by Crippen LogP contribution is -2.02. The number of rotatable bonds is 7. The molecule has 1 atom stereocenters. The first-order valence-electron chi connectivity index (χ1n) is 12.7. The second-order valence-electron chi connectivity index (χ2n) is 9.19. The van der Waals surface area contributed by atoms with Crippen molar-refractivity contribution in [1.82, 2.24) is 0 Å². The number of hydrogen-bond acceptors (Lipinski definition) is 1. The lowest BCUT2D eigenvalue weighted by atomic mass is 9.90. The Balaban J connectivity index is 1.43. The summed E-state index contributed by atoms with van der Waals surface area (Å²) in [6, 6.07) is 46.5. The summed E-state index contributed by atoms with van der Waals surface area (Å²) in [6.45, 7) is 0.456. The van der Waals surface area contributed by atoms with E-state index in [-0.39, 0.29) is 5.82 Å². The van der Waals surface area contributed by atoms with Crippen LogP contribution in [0.4, 0.5) is 4.39 Å². The van der Waals surface area contributed by atoms with Crippen molar-refractivity contribution in [3.8, 4) is 28.0 Å². The van der Waals surface area contributed by atoms with Crippen molar-refractivity contribution in [3.05, 3.63) is 151 Å². The predicted molar refractivity (Wildman–Crippen MR) is 160 cm³/mol. The third kappa shape index (κ3) is 5.23. The third-order valence-electron chi connectivity index (χ3n) is 6.64. The van der Waals surface area contributed by atoms with Crippen LogP contribution in [0.1, 0.15) is 5.56 Å². The Morgan fingerprint density at radius 2 is 1.26 bits per heavy atom. The van der Waals surface area contributed by atoms with Crippen molar-refractivity contribution >= 4 is 30.0 Å². The Morgan fingerprint density at radius 3 is 2.05 bits per heavy atom. The van der Waals surface area contributed by atoms with E-state index in [1.54, 1.807) is 6.07 Å². The largest absolute Gasteiger partial charge is 0.488 e. The minimum atomic E-state index is -0.258. The van der Waals surface area contributed by atoms with Gasteiger partial charge in [-0.25, -0.2) is 4.39 Å². The molecule has 38 heavy (non-hydrogen) atoms. The van der Waals surface area contributed by atoms with Gasteiger partial charge in [-0.1, -0.05) is 130 Å². The number of fused-ring (bicyclic) bond motifs is 1. The first-order valence-corrected chi connectivity index (χ1v) is 13.7. The fourth-order valence-electron chi connectivity index (χ4n) is 4.78. The quantitative estimate of drug-likeness (QED) is 0.195. The number of hydrogen-bond donors (Lipinski definition) is 0. The molecule has 0 spiro atoms. The van der Waals surface area contributed by atoms with Gasteiger partial charge in [0.25, 0.3) is 0 Å². The molecule has 6 aromatic carbocycles. The van der Waals surface area contributed by atoms with Gasteiger partial charge in [0.2, 0.25) is 0 Å². The van der Waals surface area contributed by atoms with E-state index in [1.165, 1.54) is 16.7 Å². The van der Waals surface area contributed by atoms with Crippen LogP contribution in [0, 0.1) is 5.82 Å². The van der Waals surface area contributed by atoms with Crippen molar-refractivity contribution < 1.29 is 9.13 Å². The van der Waals surface area contributed by atoms with Gasteiger partial charge < -0.3 is 4.74 Å². The van der Waals surface area contributed by atoms with Crippen molar-refractivity contribution in [2.24, 2.45) is 0 Å². The summed E-state index contributed by atoms with van der Waals surface area (Å²) in [6.07, 6.45) is 0. The molecule has 0 saturated carbocycles. The van der Waals surface area contributed by atoms with Crippen LogP contribution in [0.25, 0.3) is 33.0 Å². The molecule has 0 aromatic heterocycles. The second kappa shape index (κ2) is 11.0. The molecule has 6 rings (SSSR count). The van der Waals surface area contributed by atoms with Crippen LogP contribution in [0.3, 0.4) is 0 Å². The molecule has 0 bridgehead atoms. The normalized spacial score (nSPS) is 11.3. The molecule has 0 radical (unpaired) electrons. The van der Waals surface area contributed by atoms with Gasteiger partial charge in [0.1, 0.15) is 18.2 Å². The molecule has 0 aliphatic heterocycles. The topological polar surface area (TPSA) is 9.23 Å². The van der Waals surface area contributed by atoms with Crippen LogP contribution >= 0.6 is 8.58 Å². The molecule has 6 aromatic rings. The molecule has 1 nitrogen and oxygen atoms in total. The lowest BCUT2D eigenvalue weighted by Gasteiger charge is -2.18. The first kappa shape index (κ1) is 24.1. The maximum absolute atomic E-state index is 14.7. The van der Waals surface area contributed by atoms with E-state index in [2.05, 4.69) is 78.9 Å². The van der Waals surface area contributed by atoms with Crippen LogP contribution in [0.2, 0.25) is 0 Å². The summed E-state index contributed by atoms with van der Waals surface area (Å²) in [5.41, 5.74) is 4.85. The fraction of sp³-hybridized carbons (Fsp3) is 0.0286. The molecule has 0 fully saturated rings. The van der Waals surface area contributed by atoms with E-state index < -0.39 is 0 Å². The second-order valence-corrected chi connectivity index (χ2v) is 10.6. The van der Waals surface area contributed by atoms with E-state index in [1.807, 2.05) is 48.5 Å². The summed E-state index contributed by atoms with van der Waals surface area (Å²) in [5.74, 6) is 0.522. The van der Waals surface area contributed by atoms with Crippen LogP contribution in [-0.2, 0) is 6.61 Å². The molecular formula is C35H26FOP. The maximum Gasteiger partial charge on any atom is 0.128 e. The highest BCUT2D eigenvalue weighted by Gasteiger charge is 2.17. The highest BCUT2D eigenvalue weighted by Crippen LogP contribution is 2.42. The molecule has 184 valence electrons. The number of ether oxygens (including phenoxy) is 1. The standard InChI is InChI=1S/C35H26FOP/c36-28-18-21-32(33(23-28)27-15-19-30(20-16-27)38-29-12-5-2-6-13-29)35-31-14-8-7-11-26(31)17-22-34(35)37-24-25-9-3-1-4-10-25/h1-23,38H,24H2. The van der Waals surface area contributed by atoms with Crippen LogP contribution in [0.15, 0.2) is 140 Å². The summed E-state index contributed by atoms with van der Waals surface area (Å²) in [7, 11) is 0.575. The average molecular weight is 513 g/mol. The minimum Gasteiger partial charge on any atom is -0.488 e. The Hall–Kier alpha value is -4.26. The van der Waals surface area contributed by atoms with E-state index in [9.17, 15) is 4.39 Å². The van der Waals surface area contributed by atoms with Gasteiger partial charge in [-0.05, 0) is 61.8 Å². The Bertz CT molecular complexity index is 1680. The van der Waals surface area contributed by atoms with Gasteiger partial charge in [-0.15, -0.1) is 0 Å². The number of halogens is 1. The predicted octanol–water partition coefficient (Wildman–Crippen LogP) is 8.52. The van der Waals surface area contributed by atoms with E-state index in [4.69, 9.17) is 4.74 Å². The van der Waals surface area contributed by atoms with Gasteiger partial charge in [-0.2, -0.15) is 0 Å².